The number of nitrogens with one attached hydrogen (secondary N) is 1. The Morgan fingerprint density at radius 2 is 2.00 bits per heavy atom. The summed E-state index contributed by atoms with van der Waals surface area (Å²) in [5.74, 6) is 1.16. The van der Waals surface area contributed by atoms with E-state index in [9.17, 15) is 9.59 Å². The van der Waals surface area contributed by atoms with Crippen molar-refractivity contribution in [1.29, 1.82) is 0 Å². The van der Waals surface area contributed by atoms with Gasteiger partial charge in [-0.05, 0) is 52.6 Å². The maximum Gasteiger partial charge on any atom is 0.407 e. The molecule has 0 aromatic heterocycles. The molecule has 7 heteroatoms. The predicted molar refractivity (Wildman–Crippen MR) is 113 cm³/mol. The first-order valence-electron chi connectivity index (χ1n) is 10.2. The van der Waals surface area contributed by atoms with Gasteiger partial charge in [-0.1, -0.05) is 18.2 Å². The molecule has 0 aliphatic carbocycles. The number of amides is 2. The lowest BCUT2D eigenvalue weighted by atomic mass is 10.0. The van der Waals surface area contributed by atoms with Crippen molar-refractivity contribution in [3.8, 4) is 5.75 Å². The molecule has 1 aliphatic rings. The number of rotatable bonds is 7. The van der Waals surface area contributed by atoms with Crippen LogP contribution in [0.1, 0.15) is 39.7 Å². The van der Waals surface area contributed by atoms with Gasteiger partial charge in [0, 0.05) is 31.7 Å². The van der Waals surface area contributed by atoms with E-state index in [4.69, 9.17) is 9.47 Å². The standard InChI is InChI=1S/C22H35N3O4/c1-16(23-21(27)29-22(2,3)4)17-11-12-25(14-17)15-20(26)24(5)13-18-9-7-8-10-19(18)28-6/h7-10,16-17H,11-15H2,1-6H3,(H,23,27)/t16-,17-/m0/s1. The Hall–Kier alpha value is -2.28. The van der Waals surface area contributed by atoms with Gasteiger partial charge >= 0.3 is 6.09 Å². The van der Waals surface area contributed by atoms with Gasteiger partial charge in [0.25, 0.3) is 0 Å². The molecule has 1 fully saturated rings. The predicted octanol–water partition coefficient (Wildman–Crippen LogP) is 2.89. The van der Waals surface area contributed by atoms with Crippen LogP contribution in [0.5, 0.6) is 5.75 Å². The van der Waals surface area contributed by atoms with Gasteiger partial charge in [0.05, 0.1) is 13.7 Å². The highest BCUT2D eigenvalue weighted by Gasteiger charge is 2.30. The summed E-state index contributed by atoms with van der Waals surface area (Å²) < 4.78 is 10.7. The quantitative estimate of drug-likeness (QED) is 0.755. The Labute approximate surface area is 174 Å². The number of carbonyl (C=O) groups excluding carboxylic acids is 2. The number of alkyl carbamates (subject to hydrolysis) is 1. The van der Waals surface area contributed by atoms with E-state index in [-0.39, 0.29) is 11.9 Å². The van der Waals surface area contributed by atoms with Crippen LogP contribution in [0.2, 0.25) is 0 Å². The largest absolute Gasteiger partial charge is 0.496 e. The van der Waals surface area contributed by atoms with E-state index in [0.29, 0.717) is 19.0 Å². The van der Waals surface area contributed by atoms with E-state index in [1.54, 1.807) is 12.0 Å². The lowest BCUT2D eigenvalue weighted by Gasteiger charge is -2.25. The minimum absolute atomic E-state index is 0.00346. The van der Waals surface area contributed by atoms with Crippen molar-refractivity contribution in [2.45, 2.75) is 52.3 Å². The van der Waals surface area contributed by atoms with Gasteiger partial charge in [0.2, 0.25) is 5.91 Å². The fourth-order valence-electron chi connectivity index (χ4n) is 3.51. The molecule has 0 unspecified atom stereocenters. The second kappa shape index (κ2) is 9.96. The molecule has 0 bridgehead atoms. The van der Waals surface area contributed by atoms with Crippen molar-refractivity contribution in [3.63, 3.8) is 0 Å². The van der Waals surface area contributed by atoms with Crippen LogP contribution in [-0.2, 0) is 16.1 Å². The number of nitrogens with zero attached hydrogens (tertiary/aromatic N) is 2. The van der Waals surface area contributed by atoms with Crippen LogP contribution in [0.25, 0.3) is 0 Å². The minimum Gasteiger partial charge on any atom is -0.496 e. The molecular weight excluding hydrogens is 370 g/mol. The smallest absolute Gasteiger partial charge is 0.407 e. The summed E-state index contributed by atoms with van der Waals surface area (Å²) in [6.07, 6.45) is 0.552. The van der Waals surface area contributed by atoms with Gasteiger partial charge in [-0.3, -0.25) is 9.69 Å². The zero-order chi connectivity index (χ0) is 21.6. The van der Waals surface area contributed by atoms with Crippen LogP contribution < -0.4 is 10.1 Å². The fraction of sp³-hybridized carbons (Fsp3) is 0.636. The second-order valence-electron chi connectivity index (χ2n) is 8.78. The number of para-hydroxylation sites is 1. The summed E-state index contributed by atoms with van der Waals surface area (Å²) >= 11 is 0. The molecule has 0 radical (unpaired) electrons. The highest BCUT2D eigenvalue weighted by Crippen LogP contribution is 2.21. The molecule has 1 heterocycles. The Bertz CT molecular complexity index is 702. The third kappa shape index (κ3) is 7.24. The average molecular weight is 406 g/mol. The SMILES string of the molecule is COc1ccccc1CN(C)C(=O)CN1CC[C@H]([C@H](C)NC(=O)OC(C)(C)C)C1. The van der Waals surface area contributed by atoms with Crippen molar-refractivity contribution in [2.75, 3.05) is 33.8 Å². The van der Waals surface area contributed by atoms with Crippen molar-refractivity contribution < 1.29 is 19.1 Å². The number of hydrogen-bond donors (Lipinski definition) is 1. The molecule has 1 aromatic carbocycles. The molecule has 162 valence electrons. The van der Waals surface area contributed by atoms with Crippen LogP contribution in [0.4, 0.5) is 4.79 Å². The molecule has 1 saturated heterocycles. The summed E-state index contributed by atoms with van der Waals surface area (Å²) in [6.45, 7) is 10.1. The van der Waals surface area contributed by atoms with Crippen LogP contribution in [-0.4, -0.2) is 67.2 Å². The van der Waals surface area contributed by atoms with Gasteiger partial charge in [0.15, 0.2) is 0 Å². The van der Waals surface area contributed by atoms with Crippen molar-refractivity contribution in [3.05, 3.63) is 29.8 Å². The van der Waals surface area contributed by atoms with E-state index in [1.165, 1.54) is 0 Å². The number of carbonyl (C=O) groups is 2. The second-order valence-corrected chi connectivity index (χ2v) is 8.78. The number of methoxy groups -OCH3 is 1. The minimum atomic E-state index is -0.510. The summed E-state index contributed by atoms with van der Waals surface area (Å²) in [5, 5.41) is 2.92. The fourth-order valence-corrected chi connectivity index (χ4v) is 3.51. The topological polar surface area (TPSA) is 71.1 Å². The van der Waals surface area contributed by atoms with Crippen molar-refractivity contribution in [2.24, 2.45) is 5.92 Å². The van der Waals surface area contributed by atoms with Crippen LogP contribution in [0.3, 0.4) is 0 Å². The maximum absolute atomic E-state index is 12.7. The zero-order valence-corrected chi connectivity index (χ0v) is 18.5. The number of likely N-dealkylation sites (tertiary alicyclic amines) is 1. The summed E-state index contributed by atoms with van der Waals surface area (Å²) in [7, 11) is 3.45. The zero-order valence-electron chi connectivity index (χ0n) is 18.5. The number of ether oxygens (including phenoxy) is 2. The van der Waals surface area contributed by atoms with E-state index < -0.39 is 11.7 Å². The molecule has 0 saturated carbocycles. The molecule has 2 rings (SSSR count). The van der Waals surface area contributed by atoms with Crippen LogP contribution in [0.15, 0.2) is 24.3 Å². The highest BCUT2D eigenvalue weighted by molar-refractivity contribution is 5.78. The summed E-state index contributed by atoms with van der Waals surface area (Å²) in [4.78, 5) is 28.5. The van der Waals surface area contributed by atoms with E-state index in [1.807, 2.05) is 59.0 Å². The molecule has 0 spiro atoms. The maximum atomic E-state index is 12.7. The average Bonchev–Trinajstić information content (AvgIpc) is 3.09. The van der Waals surface area contributed by atoms with Crippen molar-refractivity contribution in [1.82, 2.24) is 15.1 Å². The van der Waals surface area contributed by atoms with Crippen LogP contribution in [0, 0.1) is 5.92 Å². The van der Waals surface area contributed by atoms with Gasteiger partial charge in [0.1, 0.15) is 11.4 Å². The first kappa shape index (κ1) is 23.0. The highest BCUT2D eigenvalue weighted by atomic mass is 16.6. The van der Waals surface area contributed by atoms with Gasteiger partial charge in [-0.15, -0.1) is 0 Å². The number of benzene rings is 1. The third-order valence-corrected chi connectivity index (χ3v) is 5.14. The first-order valence-corrected chi connectivity index (χ1v) is 10.2. The Morgan fingerprint density at radius 3 is 2.66 bits per heavy atom. The van der Waals surface area contributed by atoms with E-state index >= 15 is 0 Å². The summed E-state index contributed by atoms with van der Waals surface area (Å²) in [6, 6.07) is 7.73. The molecule has 1 aliphatic heterocycles. The van der Waals surface area contributed by atoms with Crippen LogP contribution >= 0.6 is 0 Å². The van der Waals surface area contributed by atoms with E-state index in [0.717, 1.165) is 30.8 Å². The monoisotopic (exact) mass is 405 g/mol. The number of likely N-dealkylation sites (N-methyl/N-ethyl adjacent to an activating group) is 1. The van der Waals surface area contributed by atoms with Gasteiger partial charge < -0.3 is 19.7 Å². The molecule has 7 nitrogen and oxygen atoms in total. The lowest BCUT2D eigenvalue weighted by molar-refractivity contribution is -0.131. The molecule has 1 N–H and O–H groups in total. The normalized spacial score (nSPS) is 18.2. The number of hydrogen-bond acceptors (Lipinski definition) is 5. The first-order chi connectivity index (χ1) is 13.6. The van der Waals surface area contributed by atoms with Crippen molar-refractivity contribution >= 4 is 12.0 Å². The van der Waals surface area contributed by atoms with E-state index in [2.05, 4.69) is 10.2 Å². The molecule has 1 aromatic rings. The molecular formula is C22H35N3O4. The molecule has 2 atom stereocenters. The van der Waals surface area contributed by atoms with Gasteiger partial charge in [-0.25, -0.2) is 4.79 Å². The van der Waals surface area contributed by atoms with Gasteiger partial charge in [-0.2, -0.15) is 0 Å². The Kier molecular flexibility index (Phi) is 7.90. The summed E-state index contributed by atoms with van der Waals surface area (Å²) in [5.41, 5.74) is 0.476. The third-order valence-electron chi connectivity index (χ3n) is 5.14. The molecule has 29 heavy (non-hydrogen) atoms. The Morgan fingerprint density at radius 1 is 1.31 bits per heavy atom. The Balaban J connectivity index is 1.81. The molecule has 2 amide bonds. The lowest BCUT2D eigenvalue weighted by Crippen LogP contribution is -2.43.